The first-order valence-electron chi connectivity index (χ1n) is 6.82. The van der Waals surface area contributed by atoms with Gasteiger partial charge in [-0.1, -0.05) is 23.4 Å². The number of halogens is 2. The molecule has 23 heavy (non-hydrogen) atoms. The van der Waals surface area contributed by atoms with Crippen molar-refractivity contribution in [1.29, 1.82) is 5.26 Å². The lowest BCUT2D eigenvalue weighted by atomic mass is 10.1. The first kappa shape index (κ1) is 16.3. The molecule has 116 valence electrons. The first-order chi connectivity index (χ1) is 11.0. The van der Waals surface area contributed by atoms with Crippen molar-refractivity contribution in [3.63, 3.8) is 0 Å². The highest BCUT2D eigenvalue weighted by Crippen LogP contribution is 2.30. The zero-order valence-corrected chi connectivity index (χ0v) is 15.6. The molecule has 3 aromatic rings. The maximum atomic E-state index is 9.33. The van der Waals surface area contributed by atoms with E-state index in [1.54, 1.807) is 0 Å². The minimum absolute atomic E-state index is 0.558. The maximum absolute atomic E-state index is 9.33. The summed E-state index contributed by atoms with van der Waals surface area (Å²) in [6, 6.07) is 7.97. The van der Waals surface area contributed by atoms with Gasteiger partial charge in [-0.15, -0.1) is 0 Å². The van der Waals surface area contributed by atoms with Gasteiger partial charge < -0.3 is 0 Å². The zero-order valence-electron chi connectivity index (χ0n) is 12.5. The lowest BCUT2D eigenvalue weighted by molar-refractivity contribution is 1.03. The van der Waals surface area contributed by atoms with Crippen LogP contribution in [0.15, 0.2) is 33.9 Å². The Morgan fingerprint density at radius 3 is 2.87 bits per heavy atom. The molecular formula is C16H12BrClN4S. The predicted octanol–water partition coefficient (Wildman–Crippen LogP) is 4.93. The van der Waals surface area contributed by atoms with Gasteiger partial charge in [0.1, 0.15) is 21.9 Å². The van der Waals surface area contributed by atoms with Crippen molar-refractivity contribution in [2.24, 2.45) is 0 Å². The summed E-state index contributed by atoms with van der Waals surface area (Å²) >= 11 is 11.3. The summed E-state index contributed by atoms with van der Waals surface area (Å²) < 4.78 is 2.77. The largest absolute Gasteiger partial charge is 0.289 e. The van der Waals surface area contributed by atoms with Crippen LogP contribution in [-0.2, 0) is 5.75 Å². The quantitative estimate of drug-likeness (QED) is 0.578. The average molecular weight is 408 g/mol. The summed E-state index contributed by atoms with van der Waals surface area (Å²) in [5.41, 5.74) is 4.02. The van der Waals surface area contributed by atoms with E-state index in [1.807, 2.05) is 42.6 Å². The molecule has 0 spiro atoms. The van der Waals surface area contributed by atoms with Crippen LogP contribution in [-0.4, -0.2) is 14.4 Å². The highest BCUT2D eigenvalue weighted by Gasteiger charge is 2.14. The van der Waals surface area contributed by atoms with E-state index >= 15 is 0 Å². The minimum Gasteiger partial charge on any atom is -0.289 e. The summed E-state index contributed by atoms with van der Waals surface area (Å²) in [4.78, 5) is 9.02. The number of thioether (sulfide) groups is 1. The number of imidazole rings is 1. The lowest BCUT2D eigenvalue weighted by Gasteiger charge is -2.06. The van der Waals surface area contributed by atoms with E-state index in [-0.39, 0.29) is 0 Å². The van der Waals surface area contributed by atoms with Gasteiger partial charge in [-0.05, 0) is 53.5 Å². The fraction of sp³-hybridized carbons (Fsp3) is 0.188. The molecule has 0 unspecified atom stereocenters. The zero-order chi connectivity index (χ0) is 16.6. The Balaban J connectivity index is 1.93. The van der Waals surface area contributed by atoms with Crippen molar-refractivity contribution >= 4 is 44.9 Å². The molecule has 3 heterocycles. The van der Waals surface area contributed by atoms with Gasteiger partial charge in [0.25, 0.3) is 0 Å². The second kappa shape index (κ2) is 6.52. The number of aromatic nitrogens is 3. The van der Waals surface area contributed by atoms with Gasteiger partial charge in [-0.25, -0.2) is 9.97 Å². The Labute approximate surface area is 151 Å². The van der Waals surface area contributed by atoms with Crippen molar-refractivity contribution < 1.29 is 0 Å². The Kier molecular flexibility index (Phi) is 4.62. The van der Waals surface area contributed by atoms with Gasteiger partial charge in [-0.2, -0.15) is 5.26 Å². The second-order valence-electron chi connectivity index (χ2n) is 5.09. The molecular weight excluding hydrogens is 396 g/mol. The van der Waals surface area contributed by atoms with Gasteiger partial charge in [0.15, 0.2) is 0 Å². The topological polar surface area (TPSA) is 54.0 Å². The van der Waals surface area contributed by atoms with Gasteiger partial charge in [0.2, 0.25) is 0 Å². The molecule has 3 rings (SSSR count). The number of nitrogens with zero attached hydrogens (tertiary/aromatic N) is 4. The van der Waals surface area contributed by atoms with Crippen LogP contribution in [0.4, 0.5) is 0 Å². The average Bonchev–Trinajstić information content (AvgIpc) is 2.81. The number of aryl methyl sites for hydroxylation is 2. The van der Waals surface area contributed by atoms with Crippen molar-refractivity contribution in [3.05, 3.63) is 56.5 Å². The van der Waals surface area contributed by atoms with E-state index in [0.29, 0.717) is 16.5 Å². The third-order valence-electron chi connectivity index (χ3n) is 3.36. The van der Waals surface area contributed by atoms with Crippen LogP contribution in [0.3, 0.4) is 0 Å². The highest BCUT2D eigenvalue weighted by molar-refractivity contribution is 9.10. The molecule has 0 atom stereocenters. The molecule has 0 saturated heterocycles. The molecule has 4 nitrogen and oxygen atoms in total. The molecule has 7 heteroatoms. The number of nitriles is 1. The molecule has 0 amide bonds. The van der Waals surface area contributed by atoms with Crippen LogP contribution in [0, 0.1) is 25.2 Å². The first-order valence-corrected chi connectivity index (χ1v) is 8.98. The Morgan fingerprint density at radius 1 is 1.35 bits per heavy atom. The molecule has 3 aromatic heterocycles. The monoisotopic (exact) mass is 406 g/mol. The normalized spacial score (nSPS) is 10.9. The summed E-state index contributed by atoms with van der Waals surface area (Å²) in [5.74, 6) is 0.558. The summed E-state index contributed by atoms with van der Waals surface area (Å²) in [6.07, 6.45) is 1.88. The molecule has 0 bridgehead atoms. The van der Waals surface area contributed by atoms with Crippen molar-refractivity contribution in [2.75, 3.05) is 0 Å². The standard InChI is InChI=1S/C16H12BrClN4S/c1-9-5-10(2)20-16(12(9)6-19)23-8-13-15(18)22-7-11(17)3-4-14(22)21-13/h3-5,7H,8H2,1-2H3. The van der Waals surface area contributed by atoms with E-state index in [9.17, 15) is 5.26 Å². The SMILES string of the molecule is Cc1cc(C)c(C#N)c(SCc2nc3ccc(Br)cn3c2Cl)n1. The van der Waals surface area contributed by atoms with Gasteiger partial charge in [0.05, 0.1) is 11.3 Å². The predicted molar refractivity (Wildman–Crippen MR) is 95.9 cm³/mol. The third-order valence-corrected chi connectivity index (χ3v) is 5.21. The van der Waals surface area contributed by atoms with Crippen molar-refractivity contribution in [3.8, 4) is 6.07 Å². The van der Waals surface area contributed by atoms with Crippen molar-refractivity contribution in [2.45, 2.75) is 24.6 Å². The molecule has 0 saturated carbocycles. The Hall–Kier alpha value is -1.55. The highest BCUT2D eigenvalue weighted by atomic mass is 79.9. The van der Waals surface area contributed by atoms with E-state index < -0.39 is 0 Å². The summed E-state index contributed by atoms with van der Waals surface area (Å²) in [7, 11) is 0. The fourth-order valence-electron chi connectivity index (χ4n) is 2.31. The molecule has 0 aliphatic rings. The van der Waals surface area contributed by atoms with E-state index in [2.05, 4.69) is 32.0 Å². The van der Waals surface area contributed by atoms with Crippen LogP contribution in [0.2, 0.25) is 5.15 Å². The van der Waals surface area contributed by atoms with Crippen LogP contribution in [0.5, 0.6) is 0 Å². The fourth-order valence-corrected chi connectivity index (χ4v) is 4.01. The van der Waals surface area contributed by atoms with Gasteiger partial charge >= 0.3 is 0 Å². The Bertz CT molecular complexity index is 945. The van der Waals surface area contributed by atoms with Crippen LogP contribution >= 0.6 is 39.3 Å². The van der Waals surface area contributed by atoms with Gasteiger partial charge in [-0.3, -0.25) is 4.40 Å². The van der Waals surface area contributed by atoms with Gasteiger partial charge in [0, 0.05) is 22.1 Å². The second-order valence-corrected chi connectivity index (χ2v) is 7.32. The van der Waals surface area contributed by atoms with Crippen LogP contribution in [0.25, 0.3) is 5.65 Å². The summed E-state index contributed by atoms with van der Waals surface area (Å²) in [6.45, 7) is 3.85. The van der Waals surface area contributed by atoms with Crippen LogP contribution < -0.4 is 0 Å². The number of hydrogen-bond donors (Lipinski definition) is 0. The molecule has 0 aromatic carbocycles. The smallest absolute Gasteiger partial charge is 0.138 e. The number of hydrogen-bond acceptors (Lipinski definition) is 4. The molecule has 0 fully saturated rings. The number of fused-ring (bicyclic) bond motifs is 1. The Morgan fingerprint density at radius 2 is 2.13 bits per heavy atom. The maximum Gasteiger partial charge on any atom is 0.138 e. The van der Waals surface area contributed by atoms with E-state index in [4.69, 9.17) is 11.6 Å². The van der Waals surface area contributed by atoms with E-state index in [1.165, 1.54) is 11.8 Å². The van der Waals surface area contributed by atoms with Crippen molar-refractivity contribution in [1.82, 2.24) is 14.4 Å². The molecule has 0 aliphatic heterocycles. The lowest BCUT2D eigenvalue weighted by Crippen LogP contribution is -1.95. The van der Waals surface area contributed by atoms with Crippen LogP contribution in [0.1, 0.15) is 22.5 Å². The molecule has 0 aliphatic carbocycles. The molecule has 0 N–H and O–H groups in total. The molecule has 0 radical (unpaired) electrons. The summed E-state index contributed by atoms with van der Waals surface area (Å²) in [5, 5.41) is 10.6. The minimum atomic E-state index is 0.558. The third kappa shape index (κ3) is 3.23. The number of rotatable bonds is 3. The number of pyridine rings is 2. The van der Waals surface area contributed by atoms with E-state index in [0.717, 1.165) is 32.1 Å².